The van der Waals surface area contributed by atoms with Crippen LogP contribution in [0.25, 0.3) is 11.3 Å². The molecule has 0 aliphatic rings. The average Bonchev–Trinajstić information content (AvgIpc) is 2.99. The Labute approximate surface area is 146 Å². The molecule has 0 amide bonds. The minimum Gasteiger partial charge on any atom is -0.595 e. The molecule has 0 aliphatic carbocycles. The number of nitrogens with zero attached hydrogens (tertiary/aromatic N) is 1. The third kappa shape index (κ3) is 3.81. The molecular weight excluding hydrogens is 357 g/mol. The van der Waals surface area contributed by atoms with Crippen LogP contribution in [0.2, 0.25) is 10.0 Å². The van der Waals surface area contributed by atoms with Crippen molar-refractivity contribution in [3.63, 3.8) is 0 Å². The van der Waals surface area contributed by atoms with Gasteiger partial charge in [0.1, 0.15) is 0 Å². The van der Waals surface area contributed by atoms with E-state index in [4.69, 9.17) is 28.4 Å². The number of quaternary nitrogens is 1. The zero-order valence-corrected chi connectivity index (χ0v) is 13.9. The van der Waals surface area contributed by atoms with E-state index < -0.39 is 5.23 Å². The average molecular weight is 368 g/mol. The summed E-state index contributed by atoms with van der Waals surface area (Å²) in [5, 5.41) is 25.7. The summed E-state index contributed by atoms with van der Waals surface area (Å²) in [6.07, 6.45) is 0. The Balaban J connectivity index is 1.82. The highest BCUT2D eigenvalue weighted by molar-refractivity contribution is 7.14. The van der Waals surface area contributed by atoms with Crippen LogP contribution in [0.5, 0.6) is 0 Å². The largest absolute Gasteiger partial charge is 0.595 e. The molecule has 3 N–H and O–H groups in total. The maximum absolute atomic E-state index is 11.0. The smallest absolute Gasteiger partial charge is 0.187 e. The second-order valence-electron chi connectivity index (χ2n) is 4.68. The zero-order valence-electron chi connectivity index (χ0n) is 11.6. The zero-order chi connectivity index (χ0) is 16.4. The van der Waals surface area contributed by atoms with Crippen LogP contribution < -0.4 is 10.5 Å². The molecule has 118 valence electrons. The van der Waals surface area contributed by atoms with Crippen molar-refractivity contribution in [2.45, 2.75) is 0 Å². The number of anilines is 2. The lowest BCUT2D eigenvalue weighted by atomic mass is 10.2. The summed E-state index contributed by atoms with van der Waals surface area (Å²) >= 11 is 13.3. The summed E-state index contributed by atoms with van der Waals surface area (Å²) in [5.74, 6) is 0. The molecule has 1 heterocycles. The van der Waals surface area contributed by atoms with Gasteiger partial charge in [0.15, 0.2) is 10.8 Å². The fraction of sp³-hybridized carbons (Fsp3) is 0. The van der Waals surface area contributed by atoms with Gasteiger partial charge >= 0.3 is 0 Å². The molecule has 0 spiro atoms. The maximum atomic E-state index is 11.0. The lowest BCUT2D eigenvalue weighted by molar-refractivity contribution is -0.991. The molecule has 8 heteroatoms. The van der Waals surface area contributed by atoms with Gasteiger partial charge in [0.2, 0.25) is 0 Å². The first-order valence-corrected chi connectivity index (χ1v) is 8.18. The first-order chi connectivity index (χ1) is 11.0. The Morgan fingerprint density at radius 2 is 1.96 bits per heavy atom. The third-order valence-electron chi connectivity index (χ3n) is 3.08. The lowest BCUT2D eigenvalue weighted by Crippen LogP contribution is -2.99. The minimum atomic E-state index is -0.968. The number of hydrogen-bond acceptors (Lipinski definition) is 5. The normalized spacial score (nSPS) is 12.2. The number of nitrogens with one attached hydrogen (secondary N) is 2. The fourth-order valence-corrected chi connectivity index (χ4v) is 3.01. The molecule has 1 aromatic heterocycles. The van der Waals surface area contributed by atoms with Crippen LogP contribution in [-0.2, 0) is 0 Å². The standard InChI is InChI=1S/C15H11Cl2N3O2S/c16-12-5-4-9(6-13(12)17)14-8-23-15(19-14)18-10-2-1-3-11(7-10)20(21)22/h1-8,20-21H,(H,18,19). The van der Waals surface area contributed by atoms with Crippen LogP contribution >= 0.6 is 34.5 Å². The van der Waals surface area contributed by atoms with Gasteiger partial charge in [-0.3, -0.25) is 0 Å². The van der Waals surface area contributed by atoms with E-state index in [-0.39, 0.29) is 5.69 Å². The Bertz CT molecular complexity index is 839. The highest BCUT2D eigenvalue weighted by Gasteiger charge is 2.08. The van der Waals surface area contributed by atoms with Crippen molar-refractivity contribution in [1.29, 1.82) is 0 Å². The Kier molecular flexibility index (Phi) is 4.82. The van der Waals surface area contributed by atoms with Crippen molar-refractivity contribution < 1.29 is 10.4 Å². The van der Waals surface area contributed by atoms with Crippen LogP contribution in [-0.4, -0.2) is 10.2 Å². The molecule has 5 nitrogen and oxygen atoms in total. The molecule has 0 radical (unpaired) electrons. The number of rotatable bonds is 4. The molecule has 1 atom stereocenters. The molecule has 3 aromatic rings. The van der Waals surface area contributed by atoms with Gasteiger partial charge in [-0.05, 0) is 18.2 Å². The lowest BCUT2D eigenvalue weighted by Gasteiger charge is -2.12. The van der Waals surface area contributed by atoms with Crippen molar-refractivity contribution in [3.05, 3.63) is 63.1 Å². The van der Waals surface area contributed by atoms with Crippen LogP contribution in [0.15, 0.2) is 47.8 Å². The predicted octanol–water partition coefficient (Wildman–Crippen LogP) is 4.26. The van der Waals surface area contributed by atoms with E-state index in [2.05, 4.69) is 10.3 Å². The first kappa shape index (κ1) is 16.2. The quantitative estimate of drug-likeness (QED) is 0.602. The van der Waals surface area contributed by atoms with Crippen molar-refractivity contribution in [2.75, 3.05) is 5.32 Å². The summed E-state index contributed by atoms with van der Waals surface area (Å²) < 4.78 is 0. The highest BCUT2D eigenvalue weighted by Crippen LogP contribution is 2.31. The van der Waals surface area contributed by atoms with Gasteiger partial charge in [-0.1, -0.05) is 35.3 Å². The summed E-state index contributed by atoms with van der Waals surface area (Å²) in [5.41, 5.74) is 2.52. The second kappa shape index (κ2) is 6.84. The van der Waals surface area contributed by atoms with Gasteiger partial charge in [-0.15, -0.1) is 11.3 Å². The maximum Gasteiger partial charge on any atom is 0.187 e. The summed E-state index contributed by atoms with van der Waals surface area (Å²) in [6.45, 7) is 0. The fourth-order valence-electron chi connectivity index (χ4n) is 1.97. The third-order valence-corrected chi connectivity index (χ3v) is 4.58. The molecule has 0 bridgehead atoms. The van der Waals surface area contributed by atoms with Crippen molar-refractivity contribution in [1.82, 2.24) is 4.98 Å². The van der Waals surface area contributed by atoms with E-state index >= 15 is 0 Å². The Morgan fingerprint density at radius 1 is 1.13 bits per heavy atom. The number of aromatic nitrogens is 1. The van der Waals surface area contributed by atoms with Crippen molar-refractivity contribution in [2.24, 2.45) is 0 Å². The molecular formula is C15H11Cl2N3O2S. The molecule has 2 aromatic carbocycles. The topological polar surface area (TPSA) is 72.7 Å². The van der Waals surface area contributed by atoms with Crippen LogP contribution in [0.3, 0.4) is 0 Å². The van der Waals surface area contributed by atoms with E-state index in [0.717, 1.165) is 11.3 Å². The van der Waals surface area contributed by atoms with Gasteiger partial charge in [0.05, 0.1) is 15.7 Å². The van der Waals surface area contributed by atoms with E-state index in [1.807, 2.05) is 11.4 Å². The van der Waals surface area contributed by atoms with Crippen molar-refractivity contribution >= 4 is 51.0 Å². The van der Waals surface area contributed by atoms with Gasteiger partial charge < -0.3 is 10.5 Å². The van der Waals surface area contributed by atoms with Gasteiger partial charge in [0, 0.05) is 28.8 Å². The number of benzene rings is 2. The summed E-state index contributed by atoms with van der Waals surface area (Å²) in [7, 11) is 0. The molecule has 0 aliphatic heterocycles. The molecule has 0 fully saturated rings. The highest BCUT2D eigenvalue weighted by atomic mass is 35.5. The van der Waals surface area contributed by atoms with Crippen molar-refractivity contribution in [3.8, 4) is 11.3 Å². The van der Waals surface area contributed by atoms with Crippen LogP contribution in [0.1, 0.15) is 0 Å². The minimum absolute atomic E-state index is 0.219. The number of hydrogen-bond donors (Lipinski definition) is 3. The van der Waals surface area contributed by atoms with E-state index in [0.29, 0.717) is 20.9 Å². The number of halogens is 2. The Morgan fingerprint density at radius 3 is 2.70 bits per heavy atom. The van der Waals surface area contributed by atoms with E-state index in [1.54, 1.807) is 30.3 Å². The SMILES string of the molecule is [O-][NH+](O)c1cccc(Nc2nc(-c3ccc(Cl)c(Cl)c3)cs2)c1. The second-order valence-corrected chi connectivity index (χ2v) is 6.35. The molecule has 0 saturated heterocycles. The summed E-state index contributed by atoms with van der Waals surface area (Å²) in [4.78, 5) is 4.48. The molecule has 3 rings (SSSR count). The number of thiazole rings is 1. The monoisotopic (exact) mass is 367 g/mol. The molecule has 23 heavy (non-hydrogen) atoms. The first-order valence-electron chi connectivity index (χ1n) is 6.54. The van der Waals surface area contributed by atoms with E-state index in [9.17, 15) is 5.21 Å². The van der Waals surface area contributed by atoms with Gasteiger partial charge in [-0.2, -0.15) is 5.23 Å². The summed E-state index contributed by atoms with van der Waals surface area (Å²) in [6, 6.07) is 11.9. The molecule has 0 saturated carbocycles. The van der Waals surface area contributed by atoms with Crippen LogP contribution in [0.4, 0.5) is 16.5 Å². The predicted molar refractivity (Wildman–Crippen MR) is 93.1 cm³/mol. The van der Waals surface area contributed by atoms with E-state index in [1.165, 1.54) is 17.4 Å². The van der Waals surface area contributed by atoms with Gasteiger partial charge in [-0.25, -0.2) is 10.2 Å². The van der Waals surface area contributed by atoms with Crippen LogP contribution in [0, 0.1) is 5.21 Å². The Hall–Kier alpha value is -1.67. The van der Waals surface area contributed by atoms with Gasteiger partial charge in [0.25, 0.3) is 0 Å². The molecule has 1 unspecified atom stereocenters.